The number of hydrogen-bond donors (Lipinski definition) is 3. The first-order valence-corrected chi connectivity index (χ1v) is 10.4. The number of nitrogens with one attached hydrogen (secondary N) is 3. The number of piperidine rings is 1. The Kier molecular flexibility index (Phi) is 4.99. The zero-order valence-corrected chi connectivity index (χ0v) is 17.4. The van der Waals surface area contributed by atoms with Crippen molar-refractivity contribution in [1.82, 2.24) is 20.9 Å². The second-order valence-corrected chi connectivity index (χ2v) is 9.68. The van der Waals surface area contributed by atoms with Gasteiger partial charge in [0.1, 0.15) is 6.04 Å². The summed E-state index contributed by atoms with van der Waals surface area (Å²) in [7, 11) is 0. The topological polar surface area (TPSA) is 90.5 Å². The first-order valence-electron chi connectivity index (χ1n) is 10.4. The number of carbonyl (C=O) groups is 3. The van der Waals surface area contributed by atoms with Gasteiger partial charge in [-0.3, -0.25) is 19.7 Å². The van der Waals surface area contributed by atoms with Crippen LogP contribution in [0.1, 0.15) is 61.5 Å². The van der Waals surface area contributed by atoms with Crippen molar-refractivity contribution in [3.05, 3.63) is 34.9 Å². The lowest BCUT2D eigenvalue weighted by Crippen LogP contribution is -2.52. The molecule has 3 aliphatic heterocycles. The predicted octanol–water partition coefficient (Wildman–Crippen LogP) is 1.32. The predicted molar refractivity (Wildman–Crippen MR) is 109 cm³/mol. The molecule has 3 aliphatic rings. The first-order chi connectivity index (χ1) is 13.7. The zero-order valence-electron chi connectivity index (χ0n) is 17.4. The van der Waals surface area contributed by atoms with Gasteiger partial charge < -0.3 is 15.5 Å². The smallest absolute Gasteiger partial charge is 0.255 e. The van der Waals surface area contributed by atoms with Crippen molar-refractivity contribution < 1.29 is 14.4 Å². The summed E-state index contributed by atoms with van der Waals surface area (Å²) >= 11 is 0. The minimum Gasteiger partial charge on any atom is -0.322 e. The highest BCUT2D eigenvalue weighted by Gasteiger charge is 2.41. The van der Waals surface area contributed by atoms with E-state index in [-0.39, 0.29) is 35.1 Å². The second-order valence-electron chi connectivity index (χ2n) is 9.68. The van der Waals surface area contributed by atoms with Gasteiger partial charge >= 0.3 is 0 Å². The quantitative estimate of drug-likeness (QED) is 0.651. The Bertz CT molecular complexity index is 866. The molecule has 0 aromatic heterocycles. The lowest BCUT2D eigenvalue weighted by Gasteiger charge is -2.29. The summed E-state index contributed by atoms with van der Waals surface area (Å²) in [4.78, 5) is 38.4. The standard InChI is InChI=1S/C22H30N4O3/c1-21(2)11-22(3,13-24-21)12-23-9-14-5-4-6-15-10-26(20(29)18(14)15)16-7-8-17(27)25-19(16)28/h4-6,16,23-24H,7-13H2,1-3H3,(H,25,27,28). The van der Waals surface area contributed by atoms with Crippen molar-refractivity contribution in [1.29, 1.82) is 0 Å². The first kappa shape index (κ1) is 20.0. The summed E-state index contributed by atoms with van der Waals surface area (Å²) in [5.41, 5.74) is 2.97. The van der Waals surface area contributed by atoms with Gasteiger partial charge in [0.15, 0.2) is 0 Å². The highest BCUT2D eigenvalue weighted by atomic mass is 16.2. The van der Waals surface area contributed by atoms with E-state index in [0.717, 1.165) is 30.6 Å². The number of nitrogens with zero attached hydrogens (tertiary/aromatic N) is 1. The molecule has 0 bridgehead atoms. The Hall–Kier alpha value is -2.25. The third kappa shape index (κ3) is 3.94. The number of hydrogen-bond acceptors (Lipinski definition) is 5. The van der Waals surface area contributed by atoms with Gasteiger partial charge in [-0.2, -0.15) is 0 Å². The fourth-order valence-corrected chi connectivity index (χ4v) is 5.11. The van der Waals surface area contributed by atoms with E-state index >= 15 is 0 Å². The number of fused-ring (bicyclic) bond motifs is 1. The van der Waals surface area contributed by atoms with Crippen LogP contribution in [0.2, 0.25) is 0 Å². The average molecular weight is 399 g/mol. The van der Waals surface area contributed by atoms with E-state index in [1.54, 1.807) is 4.90 Å². The van der Waals surface area contributed by atoms with Crippen molar-refractivity contribution in [3.8, 4) is 0 Å². The Labute approximate surface area is 171 Å². The Balaban J connectivity index is 1.44. The SMILES string of the molecule is CC1(CNCc2cccc3c2C(=O)N(C2CCC(=O)NC2=O)C3)CNC(C)(C)C1. The molecular weight excluding hydrogens is 368 g/mol. The van der Waals surface area contributed by atoms with E-state index in [2.05, 4.69) is 36.7 Å². The van der Waals surface area contributed by atoms with E-state index in [1.807, 2.05) is 18.2 Å². The fourth-order valence-electron chi connectivity index (χ4n) is 5.11. The van der Waals surface area contributed by atoms with Crippen LogP contribution in [-0.2, 0) is 22.7 Å². The molecule has 4 rings (SSSR count). The van der Waals surface area contributed by atoms with Crippen LogP contribution in [0.15, 0.2) is 18.2 Å². The van der Waals surface area contributed by atoms with Gasteiger partial charge in [0.05, 0.1) is 0 Å². The fraction of sp³-hybridized carbons (Fsp3) is 0.591. The van der Waals surface area contributed by atoms with Crippen LogP contribution in [0.3, 0.4) is 0 Å². The van der Waals surface area contributed by atoms with Crippen molar-refractivity contribution >= 4 is 17.7 Å². The average Bonchev–Trinajstić information content (AvgIpc) is 3.12. The van der Waals surface area contributed by atoms with Crippen LogP contribution in [-0.4, -0.2) is 47.3 Å². The lowest BCUT2D eigenvalue weighted by atomic mass is 9.84. The van der Waals surface area contributed by atoms with Crippen LogP contribution >= 0.6 is 0 Å². The largest absolute Gasteiger partial charge is 0.322 e. The van der Waals surface area contributed by atoms with Crippen LogP contribution in [0.5, 0.6) is 0 Å². The van der Waals surface area contributed by atoms with Gasteiger partial charge in [-0.1, -0.05) is 25.1 Å². The van der Waals surface area contributed by atoms with Gasteiger partial charge in [0, 0.05) is 43.7 Å². The minimum atomic E-state index is -0.570. The molecule has 1 aromatic rings. The van der Waals surface area contributed by atoms with Crippen LogP contribution in [0.25, 0.3) is 0 Å². The van der Waals surface area contributed by atoms with E-state index in [9.17, 15) is 14.4 Å². The molecule has 0 saturated carbocycles. The summed E-state index contributed by atoms with van der Waals surface area (Å²) < 4.78 is 0. The van der Waals surface area contributed by atoms with E-state index in [0.29, 0.717) is 25.1 Å². The molecule has 2 fully saturated rings. The Morgan fingerprint density at radius 3 is 2.69 bits per heavy atom. The molecule has 3 heterocycles. The van der Waals surface area contributed by atoms with Crippen molar-refractivity contribution in [2.45, 2.75) is 64.7 Å². The summed E-state index contributed by atoms with van der Waals surface area (Å²) in [5.74, 6) is -0.744. The maximum Gasteiger partial charge on any atom is 0.255 e. The van der Waals surface area contributed by atoms with Crippen molar-refractivity contribution in [2.75, 3.05) is 13.1 Å². The maximum absolute atomic E-state index is 13.1. The molecule has 29 heavy (non-hydrogen) atoms. The Morgan fingerprint density at radius 1 is 1.21 bits per heavy atom. The van der Waals surface area contributed by atoms with Gasteiger partial charge in [-0.05, 0) is 43.2 Å². The van der Waals surface area contributed by atoms with Crippen LogP contribution in [0.4, 0.5) is 0 Å². The van der Waals surface area contributed by atoms with Crippen molar-refractivity contribution in [2.24, 2.45) is 5.41 Å². The number of imide groups is 1. The molecule has 1 aromatic carbocycles. The molecule has 3 amide bonds. The van der Waals surface area contributed by atoms with Gasteiger partial charge in [0.2, 0.25) is 11.8 Å². The molecule has 2 saturated heterocycles. The normalized spacial score (nSPS) is 28.6. The van der Waals surface area contributed by atoms with Crippen molar-refractivity contribution in [3.63, 3.8) is 0 Å². The molecule has 2 atom stereocenters. The van der Waals surface area contributed by atoms with Gasteiger partial charge in [-0.25, -0.2) is 0 Å². The van der Waals surface area contributed by atoms with Gasteiger partial charge in [-0.15, -0.1) is 0 Å². The number of rotatable bonds is 5. The molecule has 3 N–H and O–H groups in total. The summed E-state index contributed by atoms with van der Waals surface area (Å²) in [6.45, 7) is 9.63. The third-order valence-corrected chi connectivity index (χ3v) is 6.37. The molecule has 0 spiro atoms. The highest BCUT2D eigenvalue weighted by Crippen LogP contribution is 2.34. The lowest BCUT2D eigenvalue weighted by molar-refractivity contribution is -0.136. The van der Waals surface area contributed by atoms with E-state index < -0.39 is 6.04 Å². The van der Waals surface area contributed by atoms with Crippen LogP contribution < -0.4 is 16.0 Å². The summed E-state index contributed by atoms with van der Waals surface area (Å²) in [6.07, 6.45) is 1.76. The monoisotopic (exact) mass is 398 g/mol. The Morgan fingerprint density at radius 2 is 2.00 bits per heavy atom. The molecule has 2 unspecified atom stereocenters. The van der Waals surface area contributed by atoms with E-state index in [4.69, 9.17) is 0 Å². The molecule has 156 valence electrons. The van der Waals surface area contributed by atoms with Gasteiger partial charge in [0.25, 0.3) is 5.91 Å². The van der Waals surface area contributed by atoms with Crippen LogP contribution in [0, 0.1) is 5.41 Å². The number of amides is 3. The molecule has 7 nitrogen and oxygen atoms in total. The highest BCUT2D eigenvalue weighted by molar-refractivity contribution is 6.05. The zero-order chi connectivity index (χ0) is 20.8. The van der Waals surface area contributed by atoms with E-state index in [1.165, 1.54) is 0 Å². The molecule has 7 heteroatoms. The molecule has 0 aliphatic carbocycles. The summed E-state index contributed by atoms with van der Waals surface area (Å²) in [5, 5.41) is 9.47. The molecular formula is C22H30N4O3. The summed E-state index contributed by atoms with van der Waals surface area (Å²) in [6, 6.07) is 5.34. The number of benzene rings is 1. The maximum atomic E-state index is 13.1. The number of carbonyl (C=O) groups excluding carboxylic acids is 3. The molecule has 0 radical (unpaired) electrons. The minimum absolute atomic E-state index is 0.109. The second kappa shape index (κ2) is 7.22. The third-order valence-electron chi connectivity index (χ3n) is 6.37.